The van der Waals surface area contributed by atoms with Crippen LogP contribution in [0.2, 0.25) is 0 Å². The first-order valence-electron chi connectivity index (χ1n) is 8.38. The predicted octanol–water partition coefficient (Wildman–Crippen LogP) is 1.74. The number of nitrogens with one attached hydrogen (secondary N) is 1. The van der Waals surface area contributed by atoms with Crippen molar-refractivity contribution in [3.63, 3.8) is 0 Å². The highest BCUT2D eigenvalue weighted by atomic mass is 16.5. The Kier molecular flexibility index (Phi) is 5.52. The van der Waals surface area contributed by atoms with Crippen molar-refractivity contribution in [1.29, 1.82) is 0 Å². The molecule has 8 heteroatoms. The Morgan fingerprint density at radius 1 is 1.27 bits per heavy atom. The predicted molar refractivity (Wildman–Crippen MR) is 95.3 cm³/mol. The molecule has 0 aliphatic rings. The van der Waals surface area contributed by atoms with Crippen LogP contribution in [-0.4, -0.2) is 44.0 Å². The zero-order chi connectivity index (χ0) is 18.4. The van der Waals surface area contributed by atoms with Crippen LogP contribution >= 0.6 is 0 Å². The minimum absolute atomic E-state index is 0.272. The van der Waals surface area contributed by atoms with Gasteiger partial charge in [-0.25, -0.2) is 4.68 Å². The first-order chi connectivity index (χ1) is 12.7. The highest BCUT2D eigenvalue weighted by Crippen LogP contribution is 2.23. The summed E-state index contributed by atoms with van der Waals surface area (Å²) in [5.74, 6) is 0.421. The molecule has 0 atom stereocenters. The molecule has 0 radical (unpaired) electrons. The first kappa shape index (κ1) is 17.5. The smallest absolute Gasteiger partial charge is 0.273 e. The summed E-state index contributed by atoms with van der Waals surface area (Å²) in [5, 5.41) is 11.0. The Balaban J connectivity index is 1.71. The average Bonchev–Trinajstić information content (AvgIpc) is 3.05. The number of nitrogens with zero attached hydrogens (tertiary/aromatic N) is 5. The Morgan fingerprint density at radius 3 is 2.88 bits per heavy atom. The van der Waals surface area contributed by atoms with Gasteiger partial charge in [0.25, 0.3) is 5.91 Å². The van der Waals surface area contributed by atoms with Gasteiger partial charge in [0.2, 0.25) is 0 Å². The van der Waals surface area contributed by atoms with Gasteiger partial charge in [-0.2, -0.15) is 0 Å². The molecule has 3 rings (SSSR count). The maximum atomic E-state index is 12.4. The van der Waals surface area contributed by atoms with Crippen LogP contribution in [0.15, 0.2) is 42.9 Å². The molecule has 0 saturated heterocycles. The van der Waals surface area contributed by atoms with Gasteiger partial charge in [0, 0.05) is 31.6 Å². The number of benzene rings is 1. The van der Waals surface area contributed by atoms with Gasteiger partial charge in [0.1, 0.15) is 11.4 Å². The van der Waals surface area contributed by atoms with Crippen LogP contribution in [0.25, 0.3) is 5.69 Å². The van der Waals surface area contributed by atoms with E-state index in [0.717, 1.165) is 11.4 Å². The van der Waals surface area contributed by atoms with Gasteiger partial charge in [-0.05, 0) is 26.0 Å². The SMILES string of the molecule is CCOc1ccccc1-n1nnc(C(=O)NCCc2cnccn2)c1C. The summed E-state index contributed by atoms with van der Waals surface area (Å²) < 4.78 is 7.24. The lowest BCUT2D eigenvalue weighted by Gasteiger charge is -2.10. The Bertz CT molecular complexity index is 878. The van der Waals surface area contributed by atoms with Gasteiger partial charge in [-0.1, -0.05) is 17.3 Å². The normalized spacial score (nSPS) is 10.5. The van der Waals surface area contributed by atoms with Crippen LogP contribution in [0.5, 0.6) is 5.75 Å². The fourth-order valence-corrected chi connectivity index (χ4v) is 2.52. The summed E-state index contributed by atoms with van der Waals surface area (Å²) in [5.41, 5.74) is 2.50. The third kappa shape index (κ3) is 3.85. The second-order valence-electron chi connectivity index (χ2n) is 5.54. The van der Waals surface area contributed by atoms with E-state index in [9.17, 15) is 4.79 Å². The van der Waals surface area contributed by atoms with Gasteiger partial charge in [0.15, 0.2) is 5.69 Å². The zero-order valence-corrected chi connectivity index (χ0v) is 14.7. The summed E-state index contributed by atoms with van der Waals surface area (Å²) in [4.78, 5) is 20.6. The molecule has 0 spiro atoms. The second kappa shape index (κ2) is 8.19. The number of ether oxygens (including phenoxy) is 1. The van der Waals surface area contributed by atoms with Crippen LogP contribution in [0.3, 0.4) is 0 Å². The summed E-state index contributed by atoms with van der Waals surface area (Å²) in [6.07, 6.45) is 5.52. The Hall–Kier alpha value is -3.29. The number of para-hydroxylation sites is 2. The van der Waals surface area contributed by atoms with E-state index in [1.165, 1.54) is 0 Å². The molecule has 2 aromatic heterocycles. The van der Waals surface area contributed by atoms with E-state index in [1.54, 1.807) is 30.2 Å². The number of amides is 1. The van der Waals surface area contributed by atoms with E-state index in [-0.39, 0.29) is 11.6 Å². The zero-order valence-electron chi connectivity index (χ0n) is 14.7. The largest absolute Gasteiger partial charge is 0.492 e. The highest BCUT2D eigenvalue weighted by molar-refractivity contribution is 5.93. The fourth-order valence-electron chi connectivity index (χ4n) is 2.52. The van der Waals surface area contributed by atoms with Crippen molar-refractivity contribution in [2.75, 3.05) is 13.2 Å². The molecule has 0 saturated carbocycles. The van der Waals surface area contributed by atoms with Gasteiger partial charge < -0.3 is 10.1 Å². The first-order valence-corrected chi connectivity index (χ1v) is 8.38. The third-order valence-electron chi connectivity index (χ3n) is 3.79. The number of hydrogen-bond donors (Lipinski definition) is 1. The van der Waals surface area contributed by atoms with Crippen molar-refractivity contribution >= 4 is 5.91 Å². The lowest BCUT2D eigenvalue weighted by molar-refractivity contribution is 0.0948. The molecule has 26 heavy (non-hydrogen) atoms. The molecule has 0 aliphatic heterocycles. The van der Waals surface area contributed by atoms with Crippen LogP contribution < -0.4 is 10.1 Å². The minimum atomic E-state index is -0.272. The van der Waals surface area contributed by atoms with Crippen LogP contribution in [0.4, 0.5) is 0 Å². The van der Waals surface area contributed by atoms with Gasteiger partial charge in [0.05, 0.1) is 18.0 Å². The lowest BCUT2D eigenvalue weighted by atomic mass is 10.2. The molecule has 8 nitrogen and oxygen atoms in total. The van der Waals surface area contributed by atoms with E-state index in [2.05, 4.69) is 25.6 Å². The molecule has 1 aromatic carbocycles. The van der Waals surface area contributed by atoms with Crippen molar-refractivity contribution in [1.82, 2.24) is 30.3 Å². The molecule has 134 valence electrons. The van der Waals surface area contributed by atoms with E-state index < -0.39 is 0 Å². The van der Waals surface area contributed by atoms with Gasteiger partial charge in [-0.3, -0.25) is 14.8 Å². The van der Waals surface area contributed by atoms with Gasteiger partial charge >= 0.3 is 0 Å². The minimum Gasteiger partial charge on any atom is -0.492 e. The lowest BCUT2D eigenvalue weighted by Crippen LogP contribution is -2.27. The molecular weight excluding hydrogens is 332 g/mol. The van der Waals surface area contributed by atoms with Crippen molar-refractivity contribution in [3.8, 4) is 11.4 Å². The maximum Gasteiger partial charge on any atom is 0.273 e. The van der Waals surface area contributed by atoms with E-state index in [0.29, 0.717) is 31.0 Å². The monoisotopic (exact) mass is 352 g/mol. The van der Waals surface area contributed by atoms with E-state index in [4.69, 9.17) is 4.74 Å². The molecular formula is C18H20N6O2. The summed E-state index contributed by atoms with van der Waals surface area (Å²) >= 11 is 0. The van der Waals surface area contributed by atoms with Crippen molar-refractivity contribution < 1.29 is 9.53 Å². The van der Waals surface area contributed by atoms with E-state index >= 15 is 0 Å². The molecule has 3 aromatic rings. The Morgan fingerprint density at radius 2 is 2.12 bits per heavy atom. The number of carbonyl (C=O) groups excluding carboxylic acids is 1. The Labute approximate surface area is 151 Å². The molecule has 1 N–H and O–H groups in total. The number of carbonyl (C=O) groups is 1. The van der Waals surface area contributed by atoms with E-state index in [1.807, 2.05) is 31.2 Å². The van der Waals surface area contributed by atoms with Crippen LogP contribution in [0.1, 0.15) is 28.8 Å². The topological polar surface area (TPSA) is 94.8 Å². The van der Waals surface area contributed by atoms with Crippen molar-refractivity contribution in [2.45, 2.75) is 20.3 Å². The number of rotatable bonds is 7. The number of hydrogen-bond acceptors (Lipinski definition) is 6. The summed E-state index contributed by atoms with van der Waals surface area (Å²) in [6, 6.07) is 7.52. The quantitative estimate of drug-likeness (QED) is 0.696. The molecule has 0 bridgehead atoms. The third-order valence-corrected chi connectivity index (χ3v) is 3.79. The fraction of sp³-hybridized carbons (Fsp3) is 0.278. The highest BCUT2D eigenvalue weighted by Gasteiger charge is 2.18. The van der Waals surface area contributed by atoms with Crippen molar-refractivity contribution in [2.24, 2.45) is 0 Å². The summed E-state index contributed by atoms with van der Waals surface area (Å²) in [6.45, 7) is 4.71. The maximum absolute atomic E-state index is 12.4. The molecule has 2 heterocycles. The number of aromatic nitrogens is 5. The molecule has 0 aliphatic carbocycles. The van der Waals surface area contributed by atoms with Crippen molar-refractivity contribution in [3.05, 3.63) is 59.9 Å². The molecule has 0 unspecified atom stereocenters. The summed E-state index contributed by atoms with van der Waals surface area (Å²) in [7, 11) is 0. The molecule has 0 fully saturated rings. The average molecular weight is 352 g/mol. The standard InChI is InChI=1S/C18H20N6O2/c1-3-26-16-7-5-4-6-15(16)24-13(2)17(22-23-24)18(25)21-9-8-14-12-19-10-11-20-14/h4-7,10-12H,3,8-9H2,1-2H3,(H,21,25). The van der Waals surface area contributed by atoms with Crippen LogP contribution in [-0.2, 0) is 6.42 Å². The second-order valence-corrected chi connectivity index (χ2v) is 5.54. The van der Waals surface area contributed by atoms with Gasteiger partial charge in [-0.15, -0.1) is 5.10 Å². The van der Waals surface area contributed by atoms with Crippen LogP contribution in [0, 0.1) is 6.92 Å². The molecule has 1 amide bonds.